The summed E-state index contributed by atoms with van der Waals surface area (Å²) >= 11 is 11.5. The lowest BCUT2D eigenvalue weighted by Crippen LogP contribution is -2.21. The SMILES string of the molecule is CNC(Cc1ccc(Cl)nc1Cl)=C(N)[N+](=O)[O-]. The van der Waals surface area contributed by atoms with E-state index in [-0.39, 0.29) is 22.4 Å². The number of nitrogens with two attached hydrogens (primary N) is 1. The third kappa shape index (κ3) is 3.47. The summed E-state index contributed by atoms with van der Waals surface area (Å²) < 4.78 is 0. The third-order valence-electron chi connectivity index (χ3n) is 2.07. The summed E-state index contributed by atoms with van der Waals surface area (Å²) in [6.45, 7) is 0. The lowest BCUT2D eigenvalue weighted by atomic mass is 10.1. The van der Waals surface area contributed by atoms with Crippen LogP contribution < -0.4 is 11.1 Å². The minimum Gasteiger partial charge on any atom is -0.384 e. The monoisotopic (exact) mass is 276 g/mol. The van der Waals surface area contributed by atoms with Crippen molar-refractivity contribution < 1.29 is 4.92 Å². The number of likely N-dealkylation sites (N-methyl/N-ethyl adjacent to an activating group) is 1. The summed E-state index contributed by atoms with van der Waals surface area (Å²) in [4.78, 5) is 13.7. The standard InChI is InChI=1S/C9H10Cl2N4O2/c1-13-6(9(12)15(16)17)4-5-2-3-7(10)14-8(5)11/h2-3,13H,4,12H2,1H3. The number of nitrogens with zero attached hydrogens (tertiary/aromatic N) is 2. The molecule has 92 valence electrons. The number of nitro groups is 1. The van der Waals surface area contributed by atoms with Gasteiger partial charge in [-0.2, -0.15) is 0 Å². The topological polar surface area (TPSA) is 94.1 Å². The van der Waals surface area contributed by atoms with Gasteiger partial charge in [0, 0.05) is 13.5 Å². The number of halogens is 2. The molecule has 0 spiro atoms. The average Bonchev–Trinajstić information content (AvgIpc) is 2.27. The Hall–Kier alpha value is -1.53. The zero-order valence-electron chi connectivity index (χ0n) is 8.91. The van der Waals surface area contributed by atoms with Gasteiger partial charge in [-0.25, -0.2) is 4.98 Å². The van der Waals surface area contributed by atoms with E-state index in [1.54, 1.807) is 19.2 Å². The molecule has 0 aliphatic heterocycles. The van der Waals surface area contributed by atoms with Crippen LogP contribution in [-0.4, -0.2) is 17.0 Å². The molecule has 0 fully saturated rings. The van der Waals surface area contributed by atoms with E-state index in [2.05, 4.69) is 10.3 Å². The van der Waals surface area contributed by atoms with Crippen molar-refractivity contribution in [1.82, 2.24) is 10.3 Å². The maximum Gasteiger partial charge on any atom is 0.333 e. The molecule has 0 amide bonds. The van der Waals surface area contributed by atoms with Gasteiger partial charge in [-0.1, -0.05) is 29.3 Å². The van der Waals surface area contributed by atoms with Crippen molar-refractivity contribution in [1.29, 1.82) is 0 Å². The van der Waals surface area contributed by atoms with Gasteiger partial charge < -0.3 is 15.4 Å². The van der Waals surface area contributed by atoms with Gasteiger partial charge in [0.2, 0.25) is 0 Å². The van der Waals surface area contributed by atoms with E-state index in [1.165, 1.54) is 0 Å². The zero-order chi connectivity index (χ0) is 13.0. The van der Waals surface area contributed by atoms with E-state index in [9.17, 15) is 10.1 Å². The molecule has 1 rings (SSSR count). The van der Waals surface area contributed by atoms with Crippen LogP contribution >= 0.6 is 23.2 Å². The maximum atomic E-state index is 10.5. The molecule has 0 radical (unpaired) electrons. The fourth-order valence-electron chi connectivity index (χ4n) is 1.18. The first-order valence-electron chi connectivity index (χ1n) is 4.57. The Bertz CT molecular complexity index is 476. The van der Waals surface area contributed by atoms with Crippen molar-refractivity contribution in [3.05, 3.63) is 49.6 Å². The fourth-order valence-corrected chi connectivity index (χ4v) is 1.59. The van der Waals surface area contributed by atoms with Crippen LogP contribution in [0.1, 0.15) is 5.56 Å². The van der Waals surface area contributed by atoms with E-state index in [0.717, 1.165) is 0 Å². The molecule has 0 unspecified atom stereocenters. The van der Waals surface area contributed by atoms with Crippen molar-refractivity contribution in [2.75, 3.05) is 7.05 Å². The Labute approximate surface area is 108 Å². The number of aromatic nitrogens is 1. The molecular formula is C9H10Cl2N4O2. The van der Waals surface area contributed by atoms with Crippen LogP contribution in [0, 0.1) is 10.1 Å². The molecule has 0 saturated carbocycles. The Morgan fingerprint density at radius 2 is 2.24 bits per heavy atom. The van der Waals surface area contributed by atoms with Gasteiger partial charge >= 0.3 is 5.82 Å². The van der Waals surface area contributed by atoms with Gasteiger partial charge in [0.1, 0.15) is 16.0 Å². The molecule has 0 saturated heterocycles. The Morgan fingerprint density at radius 3 is 2.71 bits per heavy atom. The number of rotatable bonds is 4. The highest BCUT2D eigenvalue weighted by Crippen LogP contribution is 2.19. The quantitative estimate of drug-likeness (QED) is 0.494. The molecule has 0 aliphatic rings. The Morgan fingerprint density at radius 1 is 1.59 bits per heavy atom. The van der Waals surface area contributed by atoms with Gasteiger partial charge in [0.05, 0.1) is 0 Å². The number of allylic oxidation sites excluding steroid dienone is 1. The molecule has 1 aromatic heterocycles. The van der Waals surface area contributed by atoms with E-state index in [1.807, 2.05) is 0 Å². The lowest BCUT2D eigenvalue weighted by molar-refractivity contribution is -0.428. The Kier molecular flexibility index (Phi) is 4.53. The molecule has 17 heavy (non-hydrogen) atoms. The van der Waals surface area contributed by atoms with Crippen LogP contribution in [-0.2, 0) is 6.42 Å². The summed E-state index contributed by atoms with van der Waals surface area (Å²) in [6.07, 6.45) is 0.187. The molecule has 0 aliphatic carbocycles. The van der Waals surface area contributed by atoms with Gasteiger partial charge in [-0.05, 0) is 16.6 Å². The summed E-state index contributed by atoms with van der Waals surface area (Å²) in [5, 5.41) is 13.7. The number of hydrogen-bond acceptors (Lipinski definition) is 5. The highest BCUT2D eigenvalue weighted by atomic mass is 35.5. The van der Waals surface area contributed by atoms with E-state index in [4.69, 9.17) is 28.9 Å². The van der Waals surface area contributed by atoms with Crippen molar-refractivity contribution in [2.24, 2.45) is 5.73 Å². The van der Waals surface area contributed by atoms with Crippen molar-refractivity contribution in [2.45, 2.75) is 6.42 Å². The molecule has 1 aromatic rings. The van der Waals surface area contributed by atoms with Gasteiger partial charge in [0.25, 0.3) is 0 Å². The molecule has 8 heteroatoms. The van der Waals surface area contributed by atoms with E-state index in [0.29, 0.717) is 5.56 Å². The van der Waals surface area contributed by atoms with Crippen molar-refractivity contribution in [3.8, 4) is 0 Å². The smallest absolute Gasteiger partial charge is 0.333 e. The minimum absolute atomic E-state index is 0.187. The highest BCUT2D eigenvalue weighted by molar-refractivity contribution is 6.32. The second-order valence-electron chi connectivity index (χ2n) is 3.13. The fraction of sp³-hybridized carbons (Fsp3) is 0.222. The molecule has 6 nitrogen and oxygen atoms in total. The summed E-state index contributed by atoms with van der Waals surface area (Å²) in [7, 11) is 1.54. The zero-order valence-corrected chi connectivity index (χ0v) is 10.4. The van der Waals surface area contributed by atoms with Crippen LogP contribution in [0.15, 0.2) is 23.7 Å². The van der Waals surface area contributed by atoms with Gasteiger partial charge in [-0.15, -0.1) is 0 Å². The predicted molar refractivity (Wildman–Crippen MR) is 65.2 cm³/mol. The summed E-state index contributed by atoms with van der Waals surface area (Å²) in [6, 6.07) is 3.20. The third-order valence-corrected chi connectivity index (χ3v) is 2.60. The second-order valence-corrected chi connectivity index (χ2v) is 3.88. The minimum atomic E-state index is -0.664. The van der Waals surface area contributed by atoms with Crippen LogP contribution in [0.3, 0.4) is 0 Å². The molecule has 0 aromatic carbocycles. The molecule has 1 heterocycles. The predicted octanol–water partition coefficient (Wildman–Crippen LogP) is 1.55. The molecule has 0 bridgehead atoms. The van der Waals surface area contributed by atoms with Crippen molar-refractivity contribution in [3.63, 3.8) is 0 Å². The van der Waals surface area contributed by atoms with E-state index >= 15 is 0 Å². The largest absolute Gasteiger partial charge is 0.384 e. The van der Waals surface area contributed by atoms with Crippen LogP contribution in [0.2, 0.25) is 10.3 Å². The molecule has 0 atom stereocenters. The first-order chi connectivity index (χ1) is 7.95. The molecule has 3 N–H and O–H groups in total. The normalized spacial score (nSPS) is 11.9. The van der Waals surface area contributed by atoms with Crippen LogP contribution in [0.25, 0.3) is 0 Å². The van der Waals surface area contributed by atoms with Crippen LogP contribution in [0.4, 0.5) is 0 Å². The summed E-state index contributed by atoms with van der Waals surface area (Å²) in [5.41, 5.74) is 6.19. The first kappa shape index (κ1) is 13.5. The summed E-state index contributed by atoms with van der Waals surface area (Å²) in [5.74, 6) is -0.446. The Balaban J connectivity index is 3.04. The van der Waals surface area contributed by atoms with Gasteiger partial charge in [-0.3, -0.25) is 5.73 Å². The lowest BCUT2D eigenvalue weighted by Gasteiger charge is -2.08. The number of nitrogens with one attached hydrogen (secondary N) is 1. The molecular weight excluding hydrogens is 267 g/mol. The van der Waals surface area contributed by atoms with E-state index < -0.39 is 10.7 Å². The van der Waals surface area contributed by atoms with Gasteiger partial charge in [0.15, 0.2) is 0 Å². The second kappa shape index (κ2) is 5.70. The number of pyridine rings is 1. The number of hydrogen-bond donors (Lipinski definition) is 2. The average molecular weight is 277 g/mol. The first-order valence-corrected chi connectivity index (χ1v) is 5.33. The maximum absolute atomic E-state index is 10.5. The van der Waals surface area contributed by atoms with Crippen molar-refractivity contribution >= 4 is 23.2 Å². The van der Waals surface area contributed by atoms with Crippen LogP contribution in [0.5, 0.6) is 0 Å². The highest BCUT2D eigenvalue weighted by Gasteiger charge is 2.13.